The van der Waals surface area contributed by atoms with Gasteiger partial charge in [-0.15, -0.1) is 0 Å². The molecule has 0 saturated heterocycles. The molecule has 0 aromatic heterocycles. The Kier molecular flexibility index (Phi) is 3.76. The predicted molar refractivity (Wildman–Crippen MR) is 69.6 cm³/mol. The molecule has 0 aromatic carbocycles. The van der Waals surface area contributed by atoms with E-state index in [0.717, 1.165) is 38.5 Å². The van der Waals surface area contributed by atoms with Gasteiger partial charge in [0.15, 0.2) is 0 Å². The molecule has 0 atom stereocenters. The fourth-order valence-corrected chi connectivity index (χ4v) is 3.44. The average molecular weight is 238 g/mol. The van der Waals surface area contributed by atoms with Gasteiger partial charge >= 0.3 is 0 Å². The lowest BCUT2D eigenvalue weighted by molar-refractivity contribution is -0.134. The Morgan fingerprint density at radius 1 is 1.06 bits per heavy atom. The average Bonchev–Trinajstić information content (AvgIpc) is 2.76. The Bertz CT molecular complexity index is 276. The van der Waals surface area contributed by atoms with Gasteiger partial charge in [0, 0.05) is 12.1 Å². The summed E-state index contributed by atoms with van der Waals surface area (Å²) in [6.07, 6.45) is 10.3. The van der Waals surface area contributed by atoms with E-state index in [9.17, 15) is 4.79 Å². The molecule has 0 heterocycles. The van der Waals surface area contributed by atoms with Gasteiger partial charge in [-0.2, -0.15) is 0 Å². The van der Waals surface area contributed by atoms with Crippen LogP contribution in [0.4, 0.5) is 0 Å². The summed E-state index contributed by atoms with van der Waals surface area (Å²) >= 11 is 0. The molecular formula is C14H26N2O. The number of rotatable bonds is 3. The van der Waals surface area contributed by atoms with Crippen LogP contribution in [0.25, 0.3) is 0 Å². The van der Waals surface area contributed by atoms with Gasteiger partial charge in [0.1, 0.15) is 0 Å². The third kappa shape index (κ3) is 2.65. The number of carbonyl (C=O) groups excluding carboxylic acids is 1. The smallest absolute Gasteiger partial charge is 0.227 e. The van der Waals surface area contributed by atoms with Gasteiger partial charge < -0.3 is 11.1 Å². The van der Waals surface area contributed by atoms with Crippen LogP contribution in [0.3, 0.4) is 0 Å². The molecule has 2 saturated carbocycles. The minimum absolute atomic E-state index is 0.0384. The number of hydrogen-bond donors (Lipinski definition) is 2. The molecule has 2 aliphatic carbocycles. The summed E-state index contributed by atoms with van der Waals surface area (Å²) in [7, 11) is 0. The Hall–Kier alpha value is -0.570. The fraction of sp³-hybridized carbons (Fsp3) is 0.929. The lowest BCUT2D eigenvalue weighted by atomic mass is 9.73. The normalized spacial score (nSPS) is 26.7. The highest BCUT2D eigenvalue weighted by Gasteiger charge is 2.41. The number of nitrogens with one attached hydrogen (secondary N) is 1. The zero-order valence-electron chi connectivity index (χ0n) is 11.1. The van der Waals surface area contributed by atoms with Crippen LogP contribution in [-0.4, -0.2) is 18.0 Å². The molecule has 0 aliphatic heterocycles. The van der Waals surface area contributed by atoms with Crippen LogP contribution >= 0.6 is 0 Å². The quantitative estimate of drug-likeness (QED) is 0.793. The van der Waals surface area contributed by atoms with E-state index in [-0.39, 0.29) is 16.9 Å². The number of nitrogens with two attached hydrogens (primary N) is 1. The Labute approximate surface area is 105 Å². The van der Waals surface area contributed by atoms with Crippen LogP contribution in [0, 0.1) is 5.41 Å². The first-order valence-electron chi connectivity index (χ1n) is 7.13. The highest BCUT2D eigenvalue weighted by molar-refractivity contribution is 5.83. The molecule has 0 spiro atoms. The summed E-state index contributed by atoms with van der Waals surface area (Å²) in [4.78, 5) is 12.5. The molecule has 2 fully saturated rings. The Morgan fingerprint density at radius 3 is 2.12 bits per heavy atom. The van der Waals surface area contributed by atoms with Gasteiger partial charge in [-0.05, 0) is 32.6 Å². The van der Waals surface area contributed by atoms with Crippen molar-refractivity contribution in [3.63, 3.8) is 0 Å². The zero-order chi connectivity index (χ0) is 12.4. The molecular weight excluding hydrogens is 212 g/mol. The first kappa shape index (κ1) is 12.9. The molecule has 98 valence electrons. The molecule has 2 aliphatic rings. The second-order valence-electron chi connectivity index (χ2n) is 6.27. The van der Waals surface area contributed by atoms with Crippen molar-refractivity contribution in [2.24, 2.45) is 11.1 Å². The summed E-state index contributed by atoms with van der Waals surface area (Å²) in [6.45, 7) is 2.69. The maximum Gasteiger partial charge on any atom is 0.227 e. The summed E-state index contributed by atoms with van der Waals surface area (Å²) in [5.74, 6) is 0.226. The van der Waals surface area contributed by atoms with Gasteiger partial charge in [0.2, 0.25) is 5.91 Å². The maximum absolute atomic E-state index is 12.5. The fourth-order valence-electron chi connectivity index (χ4n) is 3.44. The maximum atomic E-state index is 12.5. The van der Waals surface area contributed by atoms with Crippen LogP contribution in [0.2, 0.25) is 0 Å². The Morgan fingerprint density at radius 2 is 1.59 bits per heavy atom. The van der Waals surface area contributed by atoms with Crippen molar-refractivity contribution in [2.75, 3.05) is 6.54 Å². The summed E-state index contributed by atoms with van der Waals surface area (Å²) in [6, 6.07) is 0. The van der Waals surface area contributed by atoms with Crippen molar-refractivity contribution >= 4 is 5.91 Å². The molecule has 3 N–H and O–H groups in total. The molecule has 0 aromatic rings. The Balaban J connectivity index is 2.01. The summed E-state index contributed by atoms with van der Waals surface area (Å²) in [5, 5.41) is 3.30. The van der Waals surface area contributed by atoms with E-state index in [4.69, 9.17) is 5.73 Å². The minimum Gasteiger partial charge on any atom is -0.350 e. The van der Waals surface area contributed by atoms with Crippen molar-refractivity contribution in [2.45, 2.75) is 70.3 Å². The molecule has 0 unspecified atom stereocenters. The van der Waals surface area contributed by atoms with Crippen LogP contribution < -0.4 is 11.1 Å². The lowest BCUT2D eigenvalue weighted by Crippen LogP contribution is -2.54. The van der Waals surface area contributed by atoms with Gasteiger partial charge in [0.05, 0.1) is 5.41 Å². The van der Waals surface area contributed by atoms with Gasteiger partial charge in [-0.1, -0.05) is 32.1 Å². The first-order valence-corrected chi connectivity index (χ1v) is 7.13. The van der Waals surface area contributed by atoms with Crippen molar-refractivity contribution in [1.82, 2.24) is 5.32 Å². The highest BCUT2D eigenvalue weighted by Crippen LogP contribution is 2.37. The van der Waals surface area contributed by atoms with E-state index >= 15 is 0 Å². The lowest BCUT2D eigenvalue weighted by Gasteiger charge is -2.38. The molecule has 17 heavy (non-hydrogen) atoms. The van der Waals surface area contributed by atoms with E-state index in [1.165, 1.54) is 19.3 Å². The van der Waals surface area contributed by atoms with Gasteiger partial charge in [0.25, 0.3) is 0 Å². The van der Waals surface area contributed by atoms with Gasteiger partial charge in [-0.3, -0.25) is 4.79 Å². The SMILES string of the molecule is CC1(NC(=O)C2(CN)CCCCC2)CCCC1. The summed E-state index contributed by atoms with van der Waals surface area (Å²) < 4.78 is 0. The third-order valence-electron chi connectivity index (χ3n) is 4.81. The van der Waals surface area contributed by atoms with E-state index in [2.05, 4.69) is 12.2 Å². The highest BCUT2D eigenvalue weighted by atomic mass is 16.2. The number of amides is 1. The zero-order valence-corrected chi connectivity index (χ0v) is 11.1. The van der Waals surface area contributed by atoms with E-state index in [1.807, 2.05) is 0 Å². The first-order chi connectivity index (χ1) is 8.10. The van der Waals surface area contributed by atoms with Crippen LogP contribution in [0.5, 0.6) is 0 Å². The van der Waals surface area contributed by atoms with Crippen LogP contribution in [0.15, 0.2) is 0 Å². The third-order valence-corrected chi connectivity index (χ3v) is 4.81. The molecule has 3 nitrogen and oxygen atoms in total. The van der Waals surface area contributed by atoms with Crippen molar-refractivity contribution in [1.29, 1.82) is 0 Å². The van der Waals surface area contributed by atoms with E-state index in [0.29, 0.717) is 6.54 Å². The second-order valence-corrected chi connectivity index (χ2v) is 6.27. The minimum atomic E-state index is -0.260. The predicted octanol–water partition coefficient (Wildman–Crippen LogP) is 2.34. The number of hydrogen-bond acceptors (Lipinski definition) is 2. The van der Waals surface area contributed by atoms with Gasteiger partial charge in [-0.25, -0.2) is 0 Å². The van der Waals surface area contributed by atoms with E-state index < -0.39 is 0 Å². The topological polar surface area (TPSA) is 55.1 Å². The molecule has 2 rings (SSSR count). The molecule has 0 bridgehead atoms. The van der Waals surface area contributed by atoms with Crippen molar-refractivity contribution in [3.8, 4) is 0 Å². The molecule has 1 amide bonds. The molecule has 0 radical (unpaired) electrons. The number of carbonyl (C=O) groups is 1. The summed E-state index contributed by atoms with van der Waals surface area (Å²) in [5.41, 5.74) is 5.67. The largest absolute Gasteiger partial charge is 0.350 e. The van der Waals surface area contributed by atoms with Crippen molar-refractivity contribution < 1.29 is 4.79 Å². The van der Waals surface area contributed by atoms with Crippen LogP contribution in [-0.2, 0) is 4.79 Å². The van der Waals surface area contributed by atoms with Crippen molar-refractivity contribution in [3.05, 3.63) is 0 Å². The van der Waals surface area contributed by atoms with Crippen LogP contribution in [0.1, 0.15) is 64.7 Å². The monoisotopic (exact) mass is 238 g/mol. The molecule has 3 heteroatoms. The standard InChI is InChI=1S/C14H26N2O/c1-13(7-5-6-8-13)16-12(17)14(11-15)9-3-2-4-10-14/h2-11,15H2,1H3,(H,16,17). The second kappa shape index (κ2) is 4.97. The van der Waals surface area contributed by atoms with E-state index in [1.54, 1.807) is 0 Å².